The minimum Gasteiger partial charge on any atom is -0.482 e. The number of halogens is 1. The number of hydrogen-bond donors (Lipinski definition) is 1. The Labute approximate surface area is 107 Å². The highest BCUT2D eigenvalue weighted by molar-refractivity contribution is 9.10. The molecule has 0 amide bonds. The third-order valence-corrected chi connectivity index (χ3v) is 3.39. The lowest BCUT2D eigenvalue weighted by molar-refractivity contribution is -0.386. The van der Waals surface area contributed by atoms with E-state index >= 15 is 0 Å². The molecule has 0 aliphatic heterocycles. The lowest BCUT2D eigenvalue weighted by Crippen LogP contribution is -2.33. The largest absolute Gasteiger partial charge is 0.482 e. The Morgan fingerprint density at radius 3 is 2.82 bits per heavy atom. The van der Waals surface area contributed by atoms with Crippen molar-refractivity contribution >= 4 is 21.6 Å². The first-order valence-electron chi connectivity index (χ1n) is 5.44. The van der Waals surface area contributed by atoms with Crippen LogP contribution in [0.5, 0.6) is 5.75 Å². The van der Waals surface area contributed by atoms with Crippen LogP contribution in [0.15, 0.2) is 22.7 Å². The van der Waals surface area contributed by atoms with Gasteiger partial charge in [0, 0.05) is 22.6 Å². The van der Waals surface area contributed by atoms with Gasteiger partial charge in [-0.1, -0.05) is 15.9 Å². The molecule has 1 aromatic carbocycles. The molecule has 2 rings (SSSR count). The van der Waals surface area contributed by atoms with Crippen LogP contribution in [0.1, 0.15) is 19.3 Å². The number of hydrogen-bond acceptors (Lipinski definition) is 4. The van der Waals surface area contributed by atoms with Crippen molar-refractivity contribution in [1.82, 2.24) is 0 Å². The molecule has 1 aliphatic rings. The topological polar surface area (TPSA) is 78.4 Å². The second-order valence-corrected chi connectivity index (χ2v) is 5.04. The summed E-state index contributed by atoms with van der Waals surface area (Å²) in [6.45, 7) is 0. The van der Waals surface area contributed by atoms with Crippen LogP contribution in [-0.4, -0.2) is 17.1 Å². The molecule has 92 valence electrons. The van der Waals surface area contributed by atoms with E-state index in [1.165, 1.54) is 6.07 Å². The second-order valence-electron chi connectivity index (χ2n) is 4.12. The molecule has 1 aromatic rings. The first-order chi connectivity index (χ1) is 8.08. The fourth-order valence-electron chi connectivity index (χ4n) is 2.00. The smallest absolute Gasteiger partial charge is 0.311 e. The van der Waals surface area contributed by atoms with Crippen molar-refractivity contribution in [2.75, 3.05) is 0 Å². The predicted octanol–water partition coefficient (Wildman–Crippen LogP) is 2.62. The summed E-state index contributed by atoms with van der Waals surface area (Å²) in [5.41, 5.74) is 5.86. The quantitative estimate of drug-likeness (QED) is 0.687. The number of benzene rings is 1. The molecule has 5 nitrogen and oxygen atoms in total. The monoisotopic (exact) mass is 300 g/mol. The van der Waals surface area contributed by atoms with E-state index in [9.17, 15) is 10.1 Å². The summed E-state index contributed by atoms with van der Waals surface area (Å²) in [5, 5.41) is 10.9. The number of rotatable bonds is 3. The summed E-state index contributed by atoms with van der Waals surface area (Å²) in [4.78, 5) is 10.4. The van der Waals surface area contributed by atoms with Gasteiger partial charge in [0.25, 0.3) is 0 Å². The molecule has 6 heteroatoms. The summed E-state index contributed by atoms with van der Waals surface area (Å²) in [6.07, 6.45) is 2.65. The molecule has 2 N–H and O–H groups in total. The zero-order valence-electron chi connectivity index (χ0n) is 9.14. The summed E-state index contributed by atoms with van der Waals surface area (Å²) in [7, 11) is 0. The summed E-state index contributed by atoms with van der Waals surface area (Å²) in [5.74, 6) is 0.284. The van der Waals surface area contributed by atoms with Gasteiger partial charge in [0.1, 0.15) is 6.10 Å². The summed E-state index contributed by atoms with van der Waals surface area (Å²) in [6, 6.07) is 4.64. The standard InChI is InChI=1S/C11H13BrN2O3/c12-7-4-5-9(14(15)16)11(6-7)17-10-3-1-2-8(10)13/h4-6,8,10H,1-3,13H2. The van der Waals surface area contributed by atoms with Crippen molar-refractivity contribution in [3.8, 4) is 5.75 Å². The van der Waals surface area contributed by atoms with Crippen LogP contribution in [0.2, 0.25) is 0 Å². The van der Waals surface area contributed by atoms with E-state index in [0.717, 1.165) is 23.7 Å². The maximum atomic E-state index is 10.9. The third-order valence-electron chi connectivity index (χ3n) is 2.90. The molecule has 1 saturated carbocycles. The van der Waals surface area contributed by atoms with Crippen LogP contribution in [-0.2, 0) is 0 Å². The zero-order chi connectivity index (χ0) is 12.4. The third kappa shape index (κ3) is 2.76. The first-order valence-corrected chi connectivity index (χ1v) is 6.23. The summed E-state index contributed by atoms with van der Waals surface area (Å²) < 4.78 is 6.42. The Bertz CT molecular complexity index is 439. The van der Waals surface area contributed by atoms with Crippen LogP contribution in [0.25, 0.3) is 0 Å². The number of ether oxygens (including phenoxy) is 1. The highest BCUT2D eigenvalue weighted by Crippen LogP contribution is 2.33. The van der Waals surface area contributed by atoms with Gasteiger partial charge >= 0.3 is 5.69 Å². The van der Waals surface area contributed by atoms with Gasteiger partial charge in [-0.2, -0.15) is 0 Å². The van der Waals surface area contributed by atoms with Gasteiger partial charge in [0.15, 0.2) is 5.75 Å². The Balaban J connectivity index is 2.24. The van der Waals surface area contributed by atoms with Crippen molar-refractivity contribution in [1.29, 1.82) is 0 Å². The van der Waals surface area contributed by atoms with Gasteiger partial charge in [0.05, 0.1) is 4.92 Å². The molecule has 0 heterocycles. The van der Waals surface area contributed by atoms with E-state index < -0.39 is 4.92 Å². The van der Waals surface area contributed by atoms with Crippen LogP contribution in [0.3, 0.4) is 0 Å². The van der Waals surface area contributed by atoms with Crippen molar-refractivity contribution in [3.63, 3.8) is 0 Å². The molecule has 0 aromatic heterocycles. The van der Waals surface area contributed by atoms with Crippen LogP contribution >= 0.6 is 15.9 Å². The molecule has 17 heavy (non-hydrogen) atoms. The van der Waals surface area contributed by atoms with Crippen molar-refractivity contribution in [2.24, 2.45) is 5.73 Å². The molecule has 1 fully saturated rings. The number of nitro benzene ring substituents is 1. The lowest BCUT2D eigenvalue weighted by atomic mass is 10.2. The van der Waals surface area contributed by atoms with Gasteiger partial charge in [-0.3, -0.25) is 10.1 Å². The average Bonchev–Trinajstić information content (AvgIpc) is 2.64. The fraction of sp³-hybridized carbons (Fsp3) is 0.455. The Hall–Kier alpha value is -1.14. The maximum absolute atomic E-state index is 10.9. The van der Waals surface area contributed by atoms with E-state index in [2.05, 4.69) is 15.9 Å². The SMILES string of the molecule is NC1CCCC1Oc1cc(Br)ccc1[N+](=O)[O-]. The van der Waals surface area contributed by atoms with Gasteiger partial charge in [-0.05, 0) is 25.3 Å². The van der Waals surface area contributed by atoms with Crippen molar-refractivity contribution in [2.45, 2.75) is 31.4 Å². The van der Waals surface area contributed by atoms with E-state index in [4.69, 9.17) is 10.5 Å². The second kappa shape index (κ2) is 5.01. The Kier molecular flexibility index (Phi) is 3.63. The molecule has 2 unspecified atom stereocenters. The van der Waals surface area contributed by atoms with Crippen LogP contribution < -0.4 is 10.5 Å². The zero-order valence-corrected chi connectivity index (χ0v) is 10.7. The van der Waals surface area contributed by atoms with E-state index in [1.54, 1.807) is 12.1 Å². The van der Waals surface area contributed by atoms with Crippen LogP contribution in [0, 0.1) is 10.1 Å². The van der Waals surface area contributed by atoms with Crippen molar-refractivity contribution < 1.29 is 9.66 Å². The average molecular weight is 301 g/mol. The molecule has 1 aliphatic carbocycles. The van der Waals surface area contributed by atoms with E-state index in [1.807, 2.05) is 0 Å². The molecule has 0 radical (unpaired) electrons. The number of nitrogens with two attached hydrogens (primary N) is 1. The minimum atomic E-state index is -0.442. The molecular weight excluding hydrogens is 288 g/mol. The molecule has 0 spiro atoms. The Morgan fingerprint density at radius 1 is 1.47 bits per heavy atom. The molecule has 0 saturated heterocycles. The van der Waals surface area contributed by atoms with Gasteiger partial charge in [-0.25, -0.2) is 0 Å². The highest BCUT2D eigenvalue weighted by atomic mass is 79.9. The maximum Gasteiger partial charge on any atom is 0.311 e. The van der Waals surface area contributed by atoms with Gasteiger partial charge in [0.2, 0.25) is 0 Å². The normalized spacial score (nSPS) is 23.6. The highest BCUT2D eigenvalue weighted by Gasteiger charge is 2.28. The molecule has 2 atom stereocenters. The molecular formula is C11H13BrN2O3. The van der Waals surface area contributed by atoms with Gasteiger partial charge in [-0.15, -0.1) is 0 Å². The van der Waals surface area contributed by atoms with Crippen molar-refractivity contribution in [3.05, 3.63) is 32.8 Å². The van der Waals surface area contributed by atoms with E-state index in [-0.39, 0.29) is 23.6 Å². The van der Waals surface area contributed by atoms with E-state index in [0.29, 0.717) is 0 Å². The first kappa shape index (κ1) is 12.3. The minimum absolute atomic E-state index is 0.0210. The fourth-order valence-corrected chi connectivity index (χ4v) is 2.34. The molecule has 0 bridgehead atoms. The van der Waals surface area contributed by atoms with Crippen LogP contribution in [0.4, 0.5) is 5.69 Å². The van der Waals surface area contributed by atoms with Gasteiger partial charge < -0.3 is 10.5 Å². The Morgan fingerprint density at radius 2 is 2.24 bits per heavy atom. The predicted molar refractivity (Wildman–Crippen MR) is 67.0 cm³/mol. The number of nitro groups is 1. The summed E-state index contributed by atoms with van der Waals surface area (Å²) >= 11 is 3.28. The lowest BCUT2D eigenvalue weighted by Gasteiger charge is -2.17. The number of nitrogens with zero attached hydrogens (tertiary/aromatic N) is 1.